The Balaban J connectivity index is 1.78. The van der Waals surface area contributed by atoms with Gasteiger partial charge >= 0.3 is 24.7 Å². The highest BCUT2D eigenvalue weighted by Crippen LogP contribution is 2.50. The zero-order valence-electron chi connectivity index (χ0n) is 31.3. The Morgan fingerprint density at radius 3 is 0.955 bits per heavy atom. The fourth-order valence-electron chi connectivity index (χ4n) is 6.81. The van der Waals surface area contributed by atoms with Crippen molar-refractivity contribution in [1.82, 2.24) is 9.97 Å². The monoisotopic (exact) mass is 934 g/mol. The summed E-state index contributed by atoms with van der Waals surface area (Å²) in [4.78, 5) is 7.89. The Morgan fingerprint density at radius 2 is 0.697 bits per heavy atom. The normalized spacial score (nSPS) is 12.2. The maximum Gasteiger partial charge on any atom is 0.416 e. The van der Waals surface area contributed by atoms with Crippen LogP contribution < -0.4 is 11.1 Å². The zero-order chi connectivity index (χ0) is 48.6. The largest absolute Gasteiger partial charge is 0.434 e. The molecule has 0 saturated heterocycles. The highest BCUT2D eigenvalue weighted by molar-refractivity contribution is 6.18. The van der Waals surface area contributed by atoms with Crippen LogP contribution in [0.1, 0.15) is 22.3 Å². The van der Waals surface area contributed by atoms with Crippen molar-refractivity contribution >= 4 is 33.3 Å². The highest BCUT2D eigenvalue weighted by atomic mass is 19.4. The van der Waals surface area contributed by atoms with E-state index in [9.17, 15) is 73.7 Å². The lowest BCUT2D eigenvalue weighted by molar-refractivity contribution is -0.144. The van der Waals surface area contributed by atoms with Crippen molar-refractivity contribution in [2.45, 2.75) is 24.7 Å². The summed E-state index contributed by atoms with van der Waals surface area (Å²) in [6.07, 6.45) is -22.2. The molecule has 0 radical (unpaired) electrons. The molecule has 0 bridgehead atoms. The Kier molecular flexibility index (Phi) is 10.9. The molecular formula is C42H10F16N6O2. The second kappa shape index (κ2) is 15.7. The first kappa shape index (κ1) is 45.6. The lowest BCUT2D eigenvalue weighted by Gasteiger charge is -2.19. The first-order valence-electron chi connectivity index (χ1n) is 17.4. The molecule has 2 aromatic heterocycles. The van der Waals surface area contributed by atoms with Gasteiger partial charge in [0.1, 0.15) is 58.6 Å². The van der Waals surface area contributed by atoms with Crippen molar-refractivity contribution < 1.29 is 79.1 Å². The smallest absolute Gasteiger partial charge is 0.416 e. The van der Waals surface area contributed by atoms with E-state index in [1.165, 1.54) is 24.3 Å². The van der Waals surface area contributed by atoms with Crippen LogP contribution in [0.2, 0.25) is 0 Å². The minimum absolute atomic E-state index is 0.00964. The molecular weight excluding hydrogens is 924 g/mol. The van der Waals surface area contributed by atoms with Crippen molar-refractivity contribution in [3.05, 3.63) is 117 Å². The zero-order valence-corrected chi connectivity index (χ0v) is 31.3. The van der Waals surface area contributed by atoms with Crippen molar-refractivity contribution in [3.63, 3.8) is 0 Å². The van der Waals surface area contributed by atoms with Gasteiger partial charge in [-0.25, -0.2) is 27.5 Å². The van der Waals surface area contributed by atoms with Crippen molar-refractivity contribution in [2.75, 3.05) is 0 Å². The Labute approximate surface area is 354 Å². The number of halogens is 16. The van der Waals surface area contributed by atoms with Gasteiger partial charge in [0.2, 0.25) is 11.1 Å². The standard InChI is InChI=1S/C42H10F16N6O2/c43-23-7-25(29(27(45)9-23)15-1-19(39(47,48)49)5-20(2-15)40(50,51)52)31-33-36(66-37(63-33)17(11-59)12-60)32(34-35(31)65-38(64-34)18(13-61)14-62)26-8-24(44)10-28(46)30(26)16-3-21(41(53,54)55)6-22(4-16)42(56,57)58/h1-10H. The topological polar surface area (TPSA) is 147 Å². The molecule has 0 aliphatic heterocycles. The number of benzene rings is 5. The maximum absolute atomic E-state index is 16.2. The van der Waals surface area contributed by atoms with Crippen LogP contribution in [-0.4, -0.2) is 9.97 Å². The SMILES string of the molecule is N#CC(C#N)=c1nc2c(-c3cc(F)cc(F)c3-c3cc(C(F)(F)F)cc(C(F)(F)F)c3)c3oc(=C(C#N)C#N)nc3c(-c3cc(F)cc(F)c3-c3cc(C(F)(F)F)cc(C(F)(F)F)c3)c2o1. The van der Waals surface area contributed by atoms with E-state index in [2.05, 4.69) is 9.97 Å². The van der Waals surface area contributed by atoms with Gasteiger partial charge in [0, 0.05) is 34.4 Å². The second-order valence-electron chi connectivity index (χ2n) is 13.6. The lowest BCUT2D eigenvalue weighted by atomic mass is 9.87. The molecule has 0 fully saturated rings. The van der Waals surface area contributed by atoms with Gasteiger partial charge in [0.05, 0.1) is 33.4 Å². The van der Waals surface area contributed by atoms with Gasteiger partial charge in [-0.1, -0.05) is 0 Å². The molecule has 5 aromatic carbocycles. The molecule has 0 saturated carbocycles. The Hall–Kier alpha value is -8.38. The van der Waals surface area contributed by atoms with E-state index in [1.54, 1.807) is 0 Å². The van der Waals surface area contributed by atoms with E-state index in [1.807, 2.05) is 0 Å². The lowest BCUT2D eigenvalue weighted by Crippen LogP contribution is -2.11. The molecule has 332 valence electrons. The van der Waals surface area contributed by atoms with Gasteiger partial charge in [-0.15, -0.1) is 0 Å². The average molecular weight is 935 g/mol. The predicted molar refractivity (Wildman–Crippen MR) is 192 cm³/mol. The van der Waals surface area contributed by atoms with Crippen LogP contribution in [0.25, 0.3) is 77.9 Å². The number of nitrogens with zero attached hydrogens (tertiary/aromatic N) is 6. The fourth-order valence-corrected chi connectivity index (χ4v) is 6.81. The van der Waals surface area contributed by atoms with Crippen molar-refractivity contribution in [2.24, 2.45) is 0 Å². The molecule has 0 unspecified atom stereocenters. The summed E-state index contributed by atoms with van der Waals surface area (Å²) in [5.74, 6) is -7.06. The summed E-state index contributed by atoms with van der Waals surface area (Å²) in [5, 5.41) is 38.8. The molecule has 66 heavy (non-hydrogen) atoms. The van der Waals surface area contributed by atoms with Crippen LogP contribution in [0.3, 0.4) is 0 Å². The number of alkyl halides is 12. The molecule has 0 spiro atoms. The van der Waals surface area contributed by atoms with Crippen LogP contribution in [0.15, 0.2) is 69.5 Å². The molecule has 0 aliphatic carbocycles. The minimum Gasteiger partial charge on any atom is -0.434 e. The van der Waals surface area contributed by atoms with E-state index >= 15 is 17.6 Å². The molecule has 0 N–H and O–H groups in total. The van der Waals surface area contributed by atoms with Crippen LogP contribution >= 0.6 is 0 Å². The van der Waals surface area contributed by atoms with Crippen molar-refractivity contribution in [1.29, 1.82) is 21.0 Å². The van der Waals surface area contributed by atoms with Gasteiger partial charge in [0.25, 0.3) is 0 Å². The second-order valence-corrected chi connectivity index (χ2v) is 13.6. The first-order valence-corrected chi connectivity index (χ1v) is 17.4. The third kappa shape index (κ3) is 8.04. The predicted octanol–water partition coefficient (Wildman–Crippen LogP) is 11.7. The van der Waals surface area contributed by atoms with Gasteiger partial charge < -0.3 is 8.83 Å². The average Bonchev–Trinajstić information content (AvgIpc) is 3.83. The molecule has 7 aromatic rings. The Morgan fingerprint density at radius 1 is 0.409 bits per heavy atom. The van der Waals surface area contributed by atoms with E-state index in [4.69, 9.17) is 8.83 Å². The molecule has 7 rings (SSSR count). The third-order valence-electron chi connectivity index (χ3n) is 9.46. The van der Waals surface area contributed by atoms with E-state index < -0.39 is 159 Å². The van der Waals surface area contributed by atoms with Crippen LogP contribution in [-0.2, 0) is 24.7 Å². The van der Waals surface area contributed by atoms with Gasteiger partial charge in [-0.05, 0) is 59.7 Å². The van der Waals surface area contributed by atoms with Crippen LogP contribution in [0.5, 0.6) is 0 Å². The first-order chi connectivity index (χ1) is 30.7. The molecule has 0 atom stereocenters. The van der Waals surface area contributed by atoms with E-state index in [-0.39, 0.29) is 60.7 Å². The number of hydrogen-bond acceptors (Lipinski definition) is 8. The Bertz CT molecular complexity index is 3150. The molecule has 2 heterocycles. The number of rotatable bonds is 4. The molecule has 24 heteroatoms. The maximum atomic E-state index is 16.2. The number of hydrogen-bond donors (Lipinski definition) is 0. The van der Waals surface area contributed by atoms with Crippen molar-refractivity contribution in [3.8, 4) is 68.8 Å². The number of nitriles is 4. The molecule has 8 nitrogen and oxygen atoms in total. The summed E-state index contributed by atoms with van der Waals surface area (Å²) in [6, 6.07) is 5.27. The number of oxazole rings is 2. The number of aromatic nitrogens is 2. The van der Waals surface area contributed by atoms with E-state index in [0.717, 1.165) is 0 Å². The van der Waals surface area contributed by atoms with Gasteiger partial charge in [-0.2, -0.15) is 73.7 Å². The van der Waals surface area contributed by atoms with E-state index in [0.29, 0.717) is 0 Å². The van der Waals surface area contributed by atoms with Gasteiger partial charge in [-0.3, -0.25) is 0 Å². The third-order valence-corrected chi connectivity index (χ3v) is 9.46. The number of fused-ring (bicyclic) bond motifs is 2. The fraction of sp³-hybridized carbons (Fsp3) is 0.0952. The van der Waals surface area contributed by atoms with Gasteiger partial charge in [0.15, 0.2) is 22.3 Å². The van der Waals surface area contributed by atoms with Crippen LogP contribution in [0.4, 0.5) is 70.2 Å². The molecule has 0 aliphatic rings. The highest BCUT2D eigenvalue weighted by Gasteiger charge is 2.40. The molecule has 0 amide bonds. The summed E-state index contributed by atoms with van der Waals surface area (Å²) >= 11 is 0. The summed E-state index contributed by atoms with van der Waals surface area (Å²) in [7, 11) is 0. The summed E-state index contributed by atoms with van der Waals surface area (Å²) < 4.78 is 244. The minimum atomic E-state index is -5.56. The summed E-state index contributed by atoms with van der Waals surface area (Å²) in [5.41, 5.74) is -26.3. The summed E-state index contributed by atoms with van der Waals surface area (Å²) in [6.45, 7) is 0. The quantitative estimate of drug-likeness (QED) is 0.158. The van der Waals surface area contributed by atoms with Crippen LogP contribution in [0, 0.1) is 68.6 Å².